The van der Waals surface area contributed by atoms with Crippen LogP contribution in [-0.2, 0) is 24.3 Å². The Kier molecular flexibility index (Phi) is 6.39. The van der Waals surface area contributed by atoms with E-state index in [4.69, 9.17) is 4.98 Å². The molecule has 1 aromatic heterocycles. The molecule has 150 valence electrons. The molecular formula is C22H29FN4O. The molecule has 1 amide bonds. The number of anilines is 1. The van der Waals surface area contributed by atoms with E-state index in [1.807, 2.05) is 29.8 Å². The molecular weight excluding hydrogens is 355 g/mol. The molecule has 0 unspecified atom stereocenters. The van der Waals surface area contributed by atoms with Gasteiger partial charge in [-0.15, -0.1) is 0 Å². The van der Waals surface area contributed by atoms with Gasteiger partial charge in [-0.3, -0.25) is 14.6 Å². The zero-order valence-corrected chi connectivity index (χ0v) is 17.2. The van der Waals surface area contributed by atoms with Crippen LogP contribution >= 0.6 is 0 Å². The van der Waals surface area contributed by atoms with Crippen LogP contribution in [0.2, 0.25) is 0 Å². The van der Waals surface area contributed by atoms with E-state index in [1.165, 1.54) is 6.07 Å². The van der Waals surface area contributed by atoms with E-state index in [9.17, 15) is 9.18 Å². The lowest BCUT2D eigenvalue weighted by Gasteiger charge is -2.30. The molecule has 2 heterocycles. The van der Waals surface area contributed by atoms with E-state index < -0.39 is 0 Å². The molecule has 0 radical (unpaired) electrons. The Morgan fingerprint density at radius 3 is 2.64 bits per heavy atom. The molecule has 0 spiro atoms. The van der Waals surface area contributed by atoms with Crippen LogP contribution in [0.1, 0.15) is 49.3 Å². The van der Waals surface area contributed by atoms with E-state index in [0.29, 0.717) is 49.8 Å². The highest BCUT2D eigenvalue weighted by Crippen LogP contribution is 2.28. The summed E-state index contributed by atoms with van der Waals surface area (Å²) < 4.78 is 13.9. The number of carbonyl (C=O) groups is 1. The maximum Gasteiger partial charge on any atom is 0.228 e. The Labute approximate surface area is 166 Å². The van der Waals surface area contributed by atoms with Crippen LogP contribution in [0.3, 0.4) is 0 Å². The number of aromatic nitrogens is 2. The van der Waals surface area contributed by atoms with Crippen LogP contribution < -0.4 is 4.90 Å². The van der Waals surface area contributed by atoms with Crippen molar-refractivity contribution in [1.82, 2.24) is 14.9 Å². The number of hydrogen-bond acceptors (Lipinski definition) is 4. The summed E-state index contributed by atoms with van der Waals surface area (Å²) in [5.41, 5.74) is 2.65. The summed E-state index contributed by atoms with van der Waals surface area (Å²) in [4.78, 5) is 25.7. The quantitative estimate of drug-likeness (QED) is 0.727. The molecule has 0 atom stereocenters. The number of aryl methyl sites for hydroxylation is 1. The first-order chi connectivity index (χ1) is 13.3. The maximum atomic E-state index is 13.9. The van der Waals surface area contributed by atoms with Gasteiger partial charge in [0.15, 0.2) is 0 Å². The summed E-state index contributed by atoms with van der Waals surface area (Å²) >= 11 is 0. The monoisotopic (exact) mass is 384 g/mol. The van der Waals surface area contributed by atoms with Crippen molar-refractivity contribution in [1.29, 1.82) is 0 Å². The first-order valence-corrected chi connectivity index (χ1v) is 9.94. The van der Waals surface area contributed by atoms with Crippen molar-refractivity contribution >= 4 is 11.7 Å². The SMILES string of the molecule is Cc1nc(CN(C)Cc2ccccc2F)nc2c1CCC(=O)N2CCC(C)C. The molecule has 1 aromatic carbocycles. The minimum absolute atomic E-state index is 0.136. The van der Waals surface area contributed by atoms with Gasteiger partial charge in [-0.25, -0.2) is 14.4 Å². The molecule has 0 saturated carbocycles. The van der Waals surface area contributed by atoms with Gasteiger partial charge in [-0.1, -0.05) is 32.0 Å². The summed E-state index contributed by atoms with van der Waals surface area (Å²) in [6, 6.07) is 6.79. The van der Waals surface area contributed by atoms with Gasteiger partial charge in [0.2, 0.25) is 5.91 Å². The number of rotatable bonds is 7. The van der Waals surface area contributed by atoms with Crippen molar-refractivity contribution < 1.29 is 9.18 Å². The van der Waals surface area contributed by atoms with Crippen molar-refractivity contribution in [3.8, 4) is 0 Å². The van der Waals surface area contributed by atoms with Crippen molar-refractivity contribution in [2.24, 2.45) is 5.92 Å². The molecule has 0 N–H and O–H groups in total. The molecule has 0 saturated heterocycles. The predicted octanol–water partition coefficient (Wildman–Crippen LogP) is 3.88. The standard InChI is InChI=1S/C22H29FN4O/c1-15(2)11-12-27-21(28)10-9-18-16(3)24-20(25-22(18)27)14-26(4)13-17-7-5-6-8-19(17)23/h5-8,15H,9-14H2,1-4H3. The number of fused-ring (bicyclic) bond motifs is 1. The lowest BCUT2D eigenvalue weighted by Crippen LogP contribution is -2.38. The summed E-state index contributed by atoms with van der Waals surface area (Å²) in [6.07, 6.45) is 2.15. The number of nitrogens with zero attached hydrogens (tertiary/aromatic N) is 4. The second-order valence-corrected chi connectivity index (χ2v) is 8.02. The average molecular weight is 384 g/mol. The summed E-state index contributed by atoms with van der Waals surface area (Å²) in [5.74, 6) is 1.88. The van der Waals surface area contributed by atoms with Crippen LogP contribution in [0.4, 0.5) is 10.2 Å². The smallest absolute Gasteiger partial charge is 0.228 e. The molecule has 2 aromatic rings. The molecule has 5 nitrogen and oxygen atoms in total. The Morgan fingerprint density at radius 1 is 1.18 bits per heavy atom. The lowest BCUT2D eigenvalue weighted by atomic mass is 10.0. The van der Waals surface area contributed by atoms with Gasteiger partial charge < -0.3 is 0 Å². The minimum Gasteiger partial charge on any atom is -0.296 e. The van der Waals surface area contributed by atoms with Crippen molar-refractivity contribution in [2.45, 2.75) is 53.1 Å². The second-order valence-electron chi connectivity index (χ2n) is 8.02. The first-order valence-electron chi connectivity index (χ1n) is 9.94. The van der Waals surface area contributed by atoms with Gasteiger partial charge in [0.1, 0.15) is 17.5 Å². The molecule has 28 heavy (non-hydrogen) atoms. The third-order valence-corrected chi connectivity index (χ3v) is 5.12. The molecule has 1 aliphatic heterocycles. The number of halogens is 1. The van der Waals surface area contributed by atoms with Crippen LogP contribution in [-0.4, -0.2) is 34.4 Å². The molecule has 0 aliphatic carbocycles. The van der Waals surface area contributed by atoms with E-state index >= 15 is 0 Å². The fourth-order valence-corrected chi connectivity index (χ4v) is 3.54. The van der Waals surface area contributed by atoms with Crippen LogP contribution in [0.15, 0.2) is 24.3 Å². The number of hydrogen-bond donors (Lipinski definition) is 0. The van der Waals surface area contributed by atoms with Gasteiger partial charge in [0, 0.05) is 36.3 Å². The van der Waals surface area contributed by atoms with Crippen LogP contribution in [0, 0.1) is 18.7 Å². The van der Waals surface area contributed by atoms with Crippen LogP contribution in [0.25, 0.3) is 0 Å². The minimum atomic E-state index is -0.206. The number of benzene rings is 1. The molecule has 6 heteroatoms. The third kappa shape index (κ3) is 4.73. The average Bonchev–Trinajstić information content (AvgIpc) is 2.62. The molecule has 0 fully saturated rings. The fourth-order valence-electron chi connectivity index (χ4n) is 3.54. The zero-order chi connectivity index (χ0) is 20.3. The van der Waals surface area contributed by atoms with Gasteiger partial charge in [-0.05, 0) is 38.8 Å². The summed E-state index contributed by atoms with van der Waals surface area (Å²) in [6.45, 7) is 7.95. The highest BCUT2D eigenvalue weighted by Gasteiger charge is 2.28. The predicted molar refractivity (Wildman–Crippen MR) is 108 cm³/mol. The topological polar surface area (TPSA) is 49.3 Å². The van der Waals surface area contributed by atoms with Crippen molar-refractivity contribution in [2.75, 3.05) is 18.5 Å². The van der Waals surface area contributed by atoms with Gasteiger partial charge >= 0.3 is 0 Å². The largest absolute Gasteiger partial charge is 0.296 e. The highest BCUT2D eigenvalue weighted by molar-refractivity contribution is 5.95. The third-order valence-electron chi connectivity index (χ3n) is 5.12. The summed E-state index contributed by atoms with van der Waals surface area (Å²) in [5, 5.41) is 0. The Morgan fingerprint density at radius 2 is 1.93 bits per heavy atom. The number of amides is 1. The maximum absolute atomic E-state index is 13.9. The van der Waals surface area contributed by atoms with E-state index in [-0.39, 0.29) is 11.7 Å². The van der Waals surface area contributed by atoms with Crippen molar-refractivity contribution in [3.63, 3.8) is 0 Å². The van der Waals surface area contributed by atoms with E-state index in [1.54, 1.807) is 12.1 Å². The zero-order valence-electron chi connectivity index (χ0n) is 17.2. The Balaban J connectivity index is 1.80. The summed E-state index contributed by atoms with van der Waals surface area (Å²) in [7, 11) is 1.92. The second kappa shape index (κ2) is 8.78. The fraction of sp³-hybridized carbons (Fsp3) is 0.500. The lowest BCUT2D eigenvalue weighted by molar-refractivity contribution is -0.119. The van der Waals surface area contributed by atoms with Crippen molar-refractivity contribution in [3.05, 3.63) is 52.7 Å². The van der Waals surface area contributed by atoms with E-state index in [2.05, 4.69) is 18.8 Å². The molecule has 3 rings (SSSR count). The van der Waals surface area contributed by atoms with Gasteiger partial charge in [0.25, 0.3) is 0 Å². The van der Waals surface area contributed by atoms with E-state index in [0.717, 1.165) is 23.5 Å². The first kappa shape index (κ1) is 20.4. The van der Waals surface area contributed by atoms with Gasteiger partial charge in [-0.2, -0.15) is 0 Å². The van der Waals surface area contributed by atoms with Gasteiger partial charge in [0.05, 0.1) is 6.54 Å². The number of carbonyl (C=O) groups excluding carboxylic acids is 1. The van der Waals surface area contributed by atoms with Crippen LogP contribution in [0.5, 0.6) is 0 Å². The molecule has 0 bridgehead atoms. The highest BCUT2D eigenvalue weighted by atomic mass is 19.1. The normalized spacial score (nSPS) is 14.1. The Bertz CT molecular complexity index is 852. The Hall–Kier alpha value is -2.34. The molecule has 1 aliphatic rings.